The van der Waals surface area contributed by atoms with Crippen molar-refractivity contribution in [2.45, 2.75) is 25.3 Å². The van der Waals surface area contributed by atoms with E-state index in [0.717, 1.165) is 11.3 Å². The van der Waals surface area contributed by atoms with Crippen molar-refractivity contribution in [3.8, 4) is 11.5 Å². The van der Waals surface area contributed by atoms with E-state index >= 15 is 0 Å². The van der Waals surface area contributed by atoms with Crippen LogP contribution in [0.25, 0.3) is 0 Å². The van der Waals surface area contributed by atoms with Crippen LogP contribution < -0.4 is 9.47 Å². The van der Waals surface area contributed by atoms with Gasteiger partial charge in [-0.25, -0.2) is 0 Å². The lowest BCUT2D eigenvalue weighted by Crippen LogP contribution is -2.10. The fourth-order valence-corrected chi connectivity index (χ4v) is 1.80. The highest BCUT2D eigenvalue weighted by molar-refractivity contribution is 6.20. The maximum absolute atomic E-state index is 9.95. The number of methoxy groups -OCH3 is 2. The second-order valence-corrected chi connectivity index (χ2v) is 4.33. The molecule has 0 heterocycles. The third kappa shape index (κ3) is 2.42. The molecule has 0 saturated heterocycles. The molecule has 0 saturated carbocycles. The third-order valence-electron chi connectivity index (χ3n) is 2.56. The zero-order valence-electron chi connectivity index (χ0n) is 9.95. The van der Waals surface area contributed by atoms with Gasteiger partial charge in [0, 0.05) is 11.1 Å². The van der Waals surface area contributed by atoms with Crippen LogP contribution >= 0.6 is 11.6 Å². The molecule has 0 aliphatic carbocycles. The molecule has 2 unspecified atom stereocenters. The van der Waals surface area contributed by atoms with E-state index in [2.05, 4.69) is 0 Å². The number of benzene rings is 1. The Morgan fingerprint density at radius 3 is 2.31 bits per heavy atom. The Morgan fingerprint density at radius 2 is 1.88 bits per heavy atom. The highest BCUT2D eigenvalue weighted by Crippen LogP contribution is 2.36. The Hall–Kier alpha value is -0.930. The van der Waals surface area contributed by atoms with Gasteiger partial charge in [0.1, 0.15) is 11.5 Å². The predicted octanol–water partition coefficient (Wildman–Crippen LogP) is 2.67. The molecule has 0 spiro atoms. The zero-order valence-corrected chi connectivity index (χ0v) is 10.7. The first kappa shape index (κ1) is 13.1. The second-order valence-electron chi connectivity index (χ2n) is 3.64. The summed E-state index contributed by atoms with van der Waals surface area (Å²) in [6.45, 7) is 3.62. The largest absolute Gasteiger partial charge is 0.496 e. The van der Waals surface area contributed by atoms with E-state index in [4.69, 9.17) is 21.1 Å². The number of aliphatic hydroxyl groups excluding tert-OH is 1. The van der Waals surface area contributed by atoms with Crippen molar-refractivity contribution in [1.29, 1.82) is 0 Å². The van der Waals surface area contributed by atoms with Crippen LogP contribution in [0.3, 0.4) is 0 Å². The van der Waals surface area contributed by atoms with Crippen LogP contribution in [0, 0.1) is 6.92 Å². The summed E-state index contributed by atoms with van der Waals surface area (Å²) in [6.07, 6.45) is -0.749. The quantitative estimate of drug-likeness (QED) is 0.828. The Labute approximate surface area is 101 Å². The summed E-state index contributed by atoms with van der Waals surface area (Å²) in [5, 5.41) is 9.57. The highest BCUT2D eigenvalue weighted by atomic mass is 35.5. The fourth-order valence-electron chi connectivity index (χ4n) is 1.67. The summed E-state index contributed by atoms with van der Waals surface area (Å²) in [4.78, 5) is 0. The summed E-state index contributed by atoms with van der Waals surface area (Å²) in [5.41, 5.74) is 1.54. The van der Waals surface area contributed by atoms with Gasteiger partial charge < -0.3 is 14.6 Å². The molecule has 0 bridgehead atoms. The van der Waals surface area contributed by atoms with Crippen LogP contribution in [0.2, 0.25) is 0 Å². The van der Waals surface area contributed by atoms with E-state index in [1.807, 2.05) is 6.92 Å². The number of hydrogen-bond donors (Lipinski definition) is 1. The molecule has 0 fully saturated rings. The summed E-state index contributed by atoms with van der Waals surface area (Å²) in [5.74, 6) is 1.36. The Morgan fingerprint density at radius 1 is 1.25 bits per heavy atom. The summed E-state index contributed by atoms with van der Waals surface area (Å²) >= 11 is 5.88. The van der Waals surface area contributed by atoms with E-state index < -0.39 is 6.10 Å². The maximum Gasteiger partial charge on any atom is 0.131 e. The van der Waals surface area contributed by atoms with Crippen LogP contribution in [0.1, 0.15) is 24.2 Å². The average Bonchev–Trinajstić information content (AvgIpc) is 2.27. The smallest absolute Gasteiger partial charge is 0.131 e. The van der Waals surface area contributed by atoms with Gasteiger partial charge in [-0.1, -0.05) is 0 Å². The van der Waals surface area contributed by atoms with Crippen molar-refractivity contribution in [3.63, 3.8) is 0 Å². The Bertz CT molecular complexity index is 364. The lowest BCUT2D eigenvalue weighted by Gasteiger charge is -2.19. The van der Waals surface area contributed by atoms with Crippen molar-refractivity contribution in [2.75, 3.05) is 14.2 Å². The number of alkyl halides is 1. The predicted molar refractivity (Wildman–Crippen MR) is 64.6 cm³/mol. The van der Waals surface area contributed by atoms with Gasteiger partial charge in [-0.05, 0) is 26.0 Å². The van der Waals surface area contributed by atoms with Crippen molar-refractivity contribution < 1.29 is 14.6 Å². The molecule has 1 aromatic rings. The number of rotatable bonds is 4. The lowest BCUT2D eigenvalue weighted by molar-refractivity contribution is 0.172. The fraction of sp³-hybridized carbons (Fsp3) is 0.500. The maximum atomic E-state index is 9.95. The molecule has 1 N–H and O–H groups in total. The molecular weight excluding hydrogens is 228 g/mol. The summed E-state index contributed by atoms with van der Waals surface area (Å²) in [7, 11) is 3.17. The van der Waals surface area contributed by atoms with Crippen molar-refractivity contribution in [3.05, 3.63) is 23.3 Å². The van der Waals surface area contributed by atoms with Crippen LogP contribution in [0.5, 0.6) is 11.5 Å². The summed E-state index contributed by atoms with van der Waals surface area (Å²) < 4.78 is 10.5. The molecule has 0 aliphatic heterocycles. The number of halogens is 1. The highest BCUT2D eigenvalue weighted by Gasteiger charge is 2.21. The van der Waals surface area contributed by atoms with Crippen molar-refractivity contribution >= 4 is 11.6 Å². The van der Waals surface area contributed by atoms with E-state index in [9.17, 15) is 5.11 Å². The average molecular weight is 245 g/mol. The number of aliphatic hydroxyl groups is 1. The topological polar surface area (TPSA) is 38.7 Å². The zero-order chi connectivity index (χ0) is 12.3. The van der Waals surface area contributed by atoms with Gasteiger partial charge in [-0.3, -0.25) is 0 Å². The van der Waals surface area contributed by atoms with Crippen LogP contribution in [-0.2, 0) is 0 Å². The molecule has 0 amide bonds. The first-order chi connectivity index (χ1) is 7.52. The van der Waals surface area contributed by atoms with Gasteiger partial charge >= 0.3 is 0 Å². The van der Waals surface area contributed by atoms with Gasteiger partial charge in [0.2, 0.25) is 0 Å². The number of hydrogen-bond acceptors (Lipinski definition) is 3. The molecule has 0 aliphatic rings. The van der Waals surface area contributed by atoms with Crippen molar-refractivity contribution in [1.82, 2.24) is 0 Å². The van der Waals surface area contributed by atoms with Crippen LogP contribution in [0.15, 0.2) is 12.1 Å². The molecule has 3 nitrogen and oxygen atoms in total. The van der Waals surface area contributed by atoms with Gasteiger partial charge in [-0.15, -0.1) is 11.6 Å². The minimum Gasteiger partial charge on any atom is -0.496 e. The molecule has 16 heavy (non-hydrogen) atoms. The minimum atomic E-state index is -0.749. The SMILES string of the molecule is COc1ccc(C(O)C(C)Cl)c(OC)c1C. The van der Waals surface area contributed by atoms with E-state index in [1.54, 1.807) is 33.3 Å². The molecular formula is C12H17ClO3. The van der Waals surface area contributed by atoms with Crippen molar-refractivity contribution in [2.24, 2.45) is 0 Å². The molecule has 1 aromatic carbocycles. The Kier molecular flexibility index (Phi) is 4.44. The van der Waals surface area contributed by atoms with E-state index in [1.165, 1.54) is 0 Å². The number of ether oxygens (including phenoxy) is 2. The van der Waals surface area contributed by atoms with E-state index in [0.29, 0.717) is 11.3 Å². The molecule has 2 atom stereocenters. The van der Waals surface area contributed by atoms with E-state index in [-0.39, 0.29) is 5.38 Å². The summed E-state index contributed by atoms with van der Waals surface area (Å²) in [6, 6.07) is 3.57. The molecule has 0 aromatic heterocycles. The first-order valence-corrected chi connectivity index (χ1v) is 5.50. The van der Waals surface area contributed by atoms with Crippen LogP contribution in [-0.4, -0.2) is 24.7 Å². The third-order valence-corrected chi connectivity index (χ3v) is 2.80. The molecule has 0 radical (unpaired) electrons. The van der Waals surface area contributed by atoms with Gasteiger partial charge in [-0.2, -0.15) is 0 Å². The second kappa shape index (κ2) is 5.41. The monoisotopic (exact) mass is 244 g/mol. The van der Waals surface area contributed by atoms with Gasteiger partial charge in [0.15, 0.2) is 0 Å². The van der Waals surface area contributed by atoms with Gasteiger partial charge in [0.05, 0.1) is 25.7 Å². The van der Waals surface area contributed by atoms with Gasteiger partial charge in [0.25, 0.3) is 0 Å². The molecule has 1 rings (SSSR count). The normalized spacial score (nSPS) is 14.4. The lowest BCUT2D eigenvalue weighted by atomic mass is 10.0. The van der Waals surface area contributed by atoms with Crippen LogP contribution in [0.4, 0.5) is 0 Å². The first-order valence-electron chi connectivity index (χ1n) is 5.06. The Balaban J connectivity index is 3.25. The minimum absolute atomic E-state index is 0.373. The molecule has 90 valence electrons. The molecule has 4 heteroatoms. The standard InChI is InChI=1S/C12H17ClO3/c1-7-10(15-3)6-5-9(12(7)16-4)11(14)8(2)13/h5-6,8,11,14H,1-4H3.